The summed E-state index contributed by atoms with van der Waals surface area (Å²) in [5.74, 6) is 1.27. The highest BCUT2D eigenvalue weighted by molar-refractivity contribution is 6.03. The lowest BCUT2D eigenvalue weighted by Gasteiger charge is -2.16. The zero-order chi connectivity index (χ0) is 16.4. The number of carbonyl (C=O) groups is 1. The van der Waals surface area contributed by atoms with E-state index in [4.69, 9.17) is 9.47 Å². The Labute approximate surface area is 136 Å². The first kappa shape index (κ1) is 15.4. The van der Waals surface area contributed by atoms with E-state index in [1.54, 1.807) is 7.11 Å². The van der Waals surface area contributed by atoms with Gasteiger partial charge >= 0.3 is 0 Å². The van der Waals surface area contributed by atoms with Gasteiger partial charge in [0.05, 0.1) is 19.6 Å². The van der Waals surface area contributed by atoms with Crippen LogP contribution in [-0.2, 0) is 11.2 Å². The fourth-order valence-corrected chi connectivity index (χ4v) is 3.15. The van der Waals surface area contributed by atoms with Crippen molar-refractivity contribution in [3.8, 4) is 11.5 Å². The van der Waals surface area contributed by atoms with Gasteiger partial charge in [-0.3, -0.25) is 4.79 Å². The lowest BCUT2D eigenvalue weighted by atomic mass is 9.92. The number of hydrogen-bond acceptors (Lipinski definition) is 3. The molecule has 4 nitrogen and oxygen atoms in total. The molecule has 3 rings (SSSR count). The number of para-hydroxylation sites is 2. The Kier molecular flexibility index (Phi) is 4.24. The summed E-state index contributed by atoms with van der Waals surface area (Å²) >= 11 is 0. The molecule has 0 fully saturated rings. The number of fused-ring (bicyclic) bond motifs is 1. The Hall–Kier alpha value is -2.49. The lowest BCUT2D eigenvalue weighted by molar-refractivity contribution is -0.117. The van der Waals surface area contributed by atoms with Crippen LogP contribution >= 0.6 is 0 Å². The monoisotopic (exact) mass is 311 g/mol. The van der Waals surface area contributed by atoms with Gasteiger partial charge in [-0.15, -0.1) is 0 Å². The van der Waals surface area contributed by atoms with Crippen molar-refractivity contribution in [3.05, 3.63) is 53.1 Å². The maximum absolute atomic E-state index is 12.4. The average molecular weight is 311 g/mol. The number of ether oxygens (including phenoxy) is 2. The minimum absolute atomic E-state index is 0.0400. The predicted molar refractivity (Wildman–Crippen MR) is 90.4 cm³/mol. The topological polar surface area (TPSA) is 47.6 Å². The van der Waals surface area contributed by atoms with Gasteiger partial charge in [0.1, 0.15) is 0 Å². The molecule has 1 aliphatic rings. The molecule has 1 unspecified atom stereocenters. The fourth-order valence-electron chi connectivity index (χ4n) is 3.15. The van der Waals surface area contributed by atoms with E-state index in [9.17, 15) is 4.79 Å². The maximum atomic E-state index is 12.4. The van der Waals surface area contributed by atoms with Gasteiger partial charge in [0.2, 0.25) is 5.91 Å². The molecule has 2 aromatic rings. The number of benzene rings is 2. The SMILES string of the molecule is CCOc1cccc(CC2C(=O)Nc3c(C)cccc32)c1OC. The highest BCUT2D eigenvalue weighted by atomic mass is 16.5. The Balaban J connectivity index is 1.96. The molecule has 1 atom stereocenters. The van der Waals surface area contributed by atoms with Crippen LogP contribution in [-0.4, -0.2) is 19.6 Å². The molecule has 0 radical (unpaired) electrons. The van der Waals surface area contributed by atoms with E-state index in [0.717, 1.165) is 28.1 Å². The summed E-state index contributed by atoms with van der Waals surface area (Å²) in [5, 5.41) is 3.00. The number of methoxy groups -OCH3 is 1. The van der Waals surface area contributed by atoms with Gasteiger partial charge in [-0.05, 0) is 43.0 Å². The summed E-state index contributed by atoms with van der Waals surface area (Å²) in [6.07, 6.45) is 0.590. The van der Waals surface area contributed by atoms with Gasteiger partial charge in [-0.2, -0.15) is 0 Å². The molecule has 1 heterocycles. The third-order valence-electron chi connectivity index (χ3n) is 4.23. The van der Waals surface area contributed by atoms with Crippen LogP contribution in [0, 0.1) is 6.92 Å². The van der Waals surface area contributed by atoms with Gasteiger partial charge in [0.25, 0.3) is 0 Å². The first-order chi connectivity index (χ1) is 11.2. The van der Waals surface area contributed by atoms with Crippen molar-refractivity contribution in [2.75, 3.05) is 19.0 Å². The molecule has 120 valence electrons. The zero-order valence-corrected chi connectivity index (χ0v) is 13.7. The van der Waals surface area contributed by atoms with Crippen molar-refractivity contribution in [1.82, 2.24) is 0 Å². The highest BCUT2D eigenvalue weighted by Gasteiger charge is 2.32. The van der Waals surface area contributed by atoms with Gasteiger partial charge in [0.15, 0.2) is 11.5 Å². The molecular weight excluding hydrogens is 290 g/mol. The fraction of sp³-hybridized carbons (Fsp3) is 0.316. The summed E-state index contributed by atoms with van der Waals surface area (Å²) < 4.78 is 11.2. The van der Waals surface area contributed by atoms with Gasteiger partial charge in [-0.25, -0.2) is 0 Å². The van der Waals surface area contributed by atoms with Crippen LogP contribution in [0.25, 0.3) is 0 Å². The first-order valence-electron chi connectivity index (χ1n) is 7.84. The van der Waals surface area contributed by atoms with Crippen molar-refractivity contribution in [2.24, 2.45) is 0 Å². The number of rotatable bonds is 5. The Morgan fingerprint density at radius 2 is 1.96 bits per heavy atom. The molecule has 1 amide bonds. The molecule has 0 spiro atoms. The number of amides is 1. The molecule has 0 saturated carbocycles. The van der Waals surface area contributed by atoms with Gasteiger partial charge < -0.3 is 14.8 Å². The number of hydrogen-bond donors (Lipinski definition) is 1. The van der Waals surface area contributed by atoms with E-state index in [0.29, 0.717) is 18.8 Å². The largest absolute Gasteiger partial charge is 0.493 e. The third-order valence-corrected chi connectivity index (χ3v) is 4.23. The summed E-state index contributed by atoms with van der Waals surface area (Å²) in [6, 6.07) is 11.8. The van der Waals surface area contributed by atoms with Gasteiger partial charge in [0, 0.05) is 5.69 Å². The summed E-state index contributed by atoms with van der Waals surface area (Å²) in [5.41, 5.74) is 4.07. The van der Waals surface area contributed by atoms with E-state index in [1.165, 1.54) is 0 Å². The quantitative estimate of drug-likeness (QED) is 0.916. The molecule has 4 heteroatoms. The molecule has 0 bridgehead atoms. The molecule has 2 aromatic carbocycles. The van der Waals surface area contributed by atoms with Crippen molar-refractivity contribution in [3.63, 3.8) is 0 Å². The van der Waals surface area contributed by atoms with Crippen LogP contribution in [0.5, 0.6) is 11.5 Å². The molecule has 0 saturated heterocycles. The van der Waals surface area contributed by atoms with Crippen LogP contribution in [0.4, 0.5) is 5.69 Å². The normalized spacial score (nSPS) is 16.0. The van der Waals surface area contributed by atoms with Crippen LogP contribution in [0.2, 0.25) is 0 Å². The minimum Gasteiger partial charge on any atom is -0.493 e. The van der Waals surface area contributed by atoms with E-state index >= 15 is 0 Å². The standard InChI is InChI=1S/C19H21NO3/c1-4-23-16-10-6-8-13(18(16)22-3)11-15-14-9-5-7-12(2)17(14)20-19(15)21/h5-10,15H,4,11H2,1-3H3,(H,20,21). The van der Waals surface area contributed by atoms with Crippen molar-refractivity contribution in [2.45, 2.75) is 26.2 Å². The summed E-state index contributed by atoms with van der Waals surface area (Å²) in [7, 11) is 1.63. The molecule has 0 aromatic heterocycles. The van der Waals surface area contributed by atoms with E-state index in [-0.39, 0.29) is 11.8 Å². The summed E-state index contributed by atoms with van der Waals surface area (Å²) in [4.78, 5) is 12.4. The summed E-state index contributed by atoms with van der Waals surface area (Å²) in [6.45, 7) is 4.53. The van der Waals surface area contributed by atoms with Gasteiger partial charge in [-0.1, -0.05) is 30.3 Å². The van der Waals surface area contributed by atoms with Crippen LogP contribution in [0.1, 0.15) is 29.5 Å². The molecule has 23 heavy (non-hydrogen) atoms. The predicted octanol–water partition coefficient (Wildman–Crippen LogP) is 3.68. The van der Waals surface area contributed by atoms with Crippen molar-refractivity contribution < 1.29 is 14.3 Å². The second-order valence-corrected chi connectivity index (χ2v) is 5.67. The van der Waals surface area contributed by atoms with Crippen LogP contribution in [0.3, 0.4) is 0 Å². The smallest absolute Gasteiger partial charge is 0.232 e. The molecule has 0 aliphatic carbocycles. The Bertz CT molecular complexity index is 739. The third kappa shape index (κ3) is 2.77. The van der Waals surface area contributed by atoms with Crippen LogP contribution in [0.15, 0.2) is 36.4 Å². The minimum atomic E-state index is -0.198. The number of nitrogens with one attached hydrogen (secondary N) is 1. The van der Waals surface area contributed by atoms with Crippen molar-refractivity contribution in [1.29, 1.82) is 0 Å². The van der Waals surface area contributed by atoms with E-state index in [2.05, 4.69) is 5.32 Å². The molecule has 1 N–H and O–H groups in total. The van der Waals surface area contributed by atoms with Crippen molar-refractivity contribution >= 4 is 11.6 Å². The molecular formula is C19H21NO3. The zero-order valence-electron chi connectivity index (χ0n) is 13.7. The number of carbonyl (C=O) groups excluding carboxylic acids is 1. The van der Waals surface area contributed by atoms with E-state index < -0.39 is 0 Å². The van der Waals surface area contributed by atoms with E-state index in [1.807, 2.05) is 50.2 Å². The molecule has 1 aliphatic heterocycles. The highest BCUT2D eigenvalue weighted by Crippen LogP contribution is 2.40. The Morgan fingerprint density at radius 3 is 2.70 bits per heavy atom. The number of aryl methyl sites for hydroxylation is 1. The number of anilines is 1. The second kappa shape index (κ2) is 6.32. The Morgan fingerprint density at radius 1 is 1.17 bits per heavy atom. The second-order valence-electron chi connectivity index (χ2n) is 5.67. The average Bonchev–Trinajstić information content (AvgIpc) is 2.86. The van der Waals surface area contributed by atoms with Crippen LogP contribution < -0.4 is 14.8 Å². The maximum Gasteiger partial charge on any atom is 0.232 e. The first-order valence-corrected chi connectivity index (χ1v) is 7.84. The lowest BCUT2D eigenvalue weighted by Crippen LogP contribution is -2.15.